The molecule has 3 aromatic rings. The van der Waals surface area contributed by atoms with E-state index in [-0.39, 0.29) is 5.75 Å². The van der Waals surface area contributed by atoms with Crippen molar-refractivity contribution in [2.45, 2.75) is 33.3 Å². The summed E-state index contributed by atoms with van der Waals surface area (Å²) < 4.78 is 17.7. The first-order valence-corrected chi connectivity index (χ1v) is 10.9. The van der Waals surface area contributed by atoms with E-state index in [0.29, 0.717) is 5.75 Å². The quantitative estimate of drug-likeness (QED) is 0.300. The molecule has 168 valence electrons. The highest BCUT2D eigenvalue weighted by molar-refractivity contribution is 7.07. The maximum Gasteiger partial charge on any atom is 0.514 e. The van der Waals surface area contributed by atoms with E-state index in [4.69, 9.17) is 14.2 Å². The second kappa shape index (κ2) is 9.82. The minimum absolute atomic E-state index is 0.270. The smallest absolute Gasteiger partial charge is 0.493 e. The predicted octanol–water partition coefficient (Wildman–Crippen LogP) is 5.26. The van der Waals surface area contributed by atoms with Crippen molar-refractivity contribution in [1.29, 1.82) is 0 Å². The van der Waals surface area contributed by atoms with Crippen LogP contribution >= 0.6 is 11.3 Å². The molecule has 3 rings (SSSR count). The minimum Gasteiger partial charge on any atom is -0.493 e. The lowest BCUT2D eigenvalue weighted by atomic mass is 10.1. The molecule has 0 atom stereocenters. The summed E-state index contributed by atoms with van der Waals surface area (Å²) in [6.45, 7) is 7.37. The van der Waals surface area contributed by atoms with Gasteiger partial charge in [0.25, 0.3) is 0 Å². The Labute approximate surface area is 191 Å². The SMILES string of the molecule is CN=c1scc(-c2ccc(C)cc2)n1N=Cc1ccc(OC(=O)OC(C)(C)C)c(OC)c1. The molecule has 32 heavy (non-hydrogen) atoms. The third kappa shape index (κ3) is 5.85. The Kier molecular flexibility index (Phi) is 7.15. The number of ether oxygens (including phenoxy) is 3. The molecule has 0 aliphatic heterocycles. The van der Waals surface area contributed by atoms with Crippen LogP contribution in [0.3, 0.4) is 0 Å². The fraction of sp³-hybridized carbons (Fsp3) is 0.292. The number of nitrogens with zero attached hydrogens (tertiary/aromatic N) is 3. The van der Waals surface area contributed by atoms with Crippen LogP contribution in [0.2, 0.25) is 0 Å². The van der Waals surface area contributed by atoms with Crippen molar-refractivity contribution in [1.82, 2.24) is 4.68 Å². The van der Waals surface area contributed by atoms with Gasteiger partial charge in [-0.25, -0.2) is 9.47 Å². The average Bonchev–Trinajstić information content (AvgIpc) is 3.15. The van der Waals surface area contributed by atoms with Crippen molar-refractivity contribution in [2.75, 3.05) is 14.2 Å². The molecule has 0 unspecified atom stereocenters. The van der Waals surface area contributed by atoms with E-state index in [1.807, 2.05) is 5.38 Å². The lowest BCUT2D eigenvalue weighted by molar-refractivity contribution is 0.0201. The molecule has 8 heteroatoms. The van der Waals surface area contributed by atoms with Gasteiger partial charge in [-0.2, -0.15) is 5.10 Å². The van der Waals surface area contributed by atoms with Gasteiger partial charge in [0.05, 0.1) is 19.0 Å². The van der Waals surface area contributed by atoms with Crippen molar-refractivity contribution in [3.05, 3.63) is 63.8 Å². The number of benzene rings is 2. The van der Waals surface area contributed by atoms with Crippen molar-refractivity contribution >= 4 is 23.7 Å². The summed E-state index contributed by atoms with van der Waals surface area (Å²) in [5.74, 6) is 0.668. The van der Waals surface area contributed by atoms with Crippen LogP contribution in [0.5, 0.6) is 11.5 Å². The fourth-order valence-electron chi connectivity index (χ4n) is 2.82. The molecule has 7 nitrogen and oxygen atoms in total. The molecule has 0 spiro atoms. The van der Waals surface area contributed by atoms with E-state index in [1.54, 1.807) is 56.9 Å². The number of thiazole rings is 1. The van der Waals surface area contributed by atoms with Gasteiger partial charge in [0.2, 0.25) is 4.80 Å². The topological polar surface area (TPSA) is 74.4 Å². The molecular weight excluding hydrogens is 426 g/mol. The van der Waals surface area contributed by atoms with E-state index in [1.165, 1.54) is 24.0 Å². The van der Waals surface area contributed by atoms with Crippen LogP contribution < -0.4 is 14.3 Å². The number of carbonyl (C=O) groups is 1. The van der Waals surface area contributed by atoms with Gasteiger partial charge in [-0.1, -0.05) is 29.8 Å². The Bertz CT molecular complexity index is 1190. The van der Waals surface area contributed by atoms with Gasteiger partial charge in [-0.3, -0.25) is 4.99 Å². The molecule has 0 saturated heterocycles. The van der Waals surface area contributed by atoms with Crippen molar-refractivity contribution in [2.24, 2.45) is 10.1 Å². The summed E-state index contributed by atoms with van der Waals surface area (Å²) in [7, 11) is 3.25. The van der Waals surface area contributed by atoms with Crippen molar-refractivity contribution < 1.29 is 19.0 Å². The van der Waals surface area contributed by atoms with E-state index in [2.05, 4.69) is 41.3 Å². The van der Waals surface area contributed by atoms with E-state index < -0.39 is 11.8 Å². The minimum atomic E-state index is -0.789. The first-order chi connectivity index (χ1) is 15.2. The van der Waals surface area contributed by atoms with Crippen LogP contribution in [0.4, 0.5) is 4.79 Å². The highest BCUT2D eigenvalue weighted by Gasteiger charge is 2.19. The third-order valence-corrected chi connectivity index (χ3v) is 5.22. The van der Waals surface area contributed by atoms with Gasteiger partial charge in [0.15, 0.2) is 11.5 Å². The lowest BCUT2D eigenvalue weighted by Crippen LogP contribution is -2.26. The molecule has 2 aromatic carbocycles. The summed E-state index contributed by atoms with van der Waals surface area (Å²) in [6, 6.07) is 13.4. The van der Waals surface area contributed by atoms with Crippen LogP contribution in [0.25, 0.3) is 11.3 Å². The maximum absolute atomic E-state index is 12.0. The van der Waals surface area contributed by atoms with Gasteiger partial charge in [-0.05, 0) is 51.5 Å². The molecular formula is C24H27N3O4S. The number of hydrogen-bond donors (Lipinski definition) is 0. The van der Waals surface area contributed by atoms with Gasteiger partial charge in [-0.15, -0.1) is 11.3 Å². The Morgan fingerprint density at radius 2 is 1.81 bits per heavy atom. The Balaban J connectivity index is 1.88. The number of methoxy groups -OCH3 is 1. The molecule has 0 aliphatic rings. The fourth-order valence-corrected chi connectivity index (χ4v) is 3.62. The predicted molar refractivity (Wildman–Crippen MR) is 127 cm³/mol. The Morgan fingerprint density at radius 3 is 2.44 bits per heavy atom. The van der Waals surface area contributed by atoms with Gasteiger partial charge in [0, 0.05) is 18.0 Å². The van der Waals surface area contributed by atoms with Crippen LogP contribution in [-0.4, -0.2) is 36.8 Å². The van der Waals surface area contributed by atoms with E-state index in [9.17, 15) is 4.79 Å². The summed E-state index contributed by atoms with van der Waals surface area (Å²) in [5.41, 5.74) is 3.32. The first kappa shape index (κ1) is 23.3. The highest BCUT2D eigenvalue weighted by atomic mass is 32.1. The molecule has 1 aromatic heterocycles. The Hall–Kier alpha value is -3.39. The molecule has 0 fully saturated rings. The number of carbonyl (C=O) groups excluding carboxylic acids is 1. The molecule has 0 bridgehead atoms. The van der Waals surface area contributed by atoms with Gasteiger partial charge in [0.1, 0.15) is 5.60 Å². The van der Waals surface area contributed by atoms with Crippen LogP contribution in [0.15, 0.2) is 57.9 Å². The maximum atomic E-state index is 12.0. The third-order valence-electron chi connectivity index (χ3n) is 4.32. The number of rotatable bonds is 5. The number of aromatic nitrogens is 1. The standard InChI is InChI=1S/C24H27N3O4S/c1-16-7-10-18(11-8-16)19-15-32-22(25-5)27(19)26-14-17-9-12-20(21(13-17)29-6)30-23(28)31-24(2,3)4/h7-15H,1-6H3. The van der Waals surface area contributed by atoms with E-state index in [0.717, 1.165) is 21.6 Å². The number of aryl methyl sites for hydroxylation is 1. The molecule has 0 N–H and O–H groups in total. The largest absolute Gasteiger partial charge is 0.514 e. The van der Waals surface area contributed by atoms with Crippen LogP contribution in [0.1, 0.15) is 31.9 Å². The first-order valence-electron chi connectivity index (χ1n) is 10.0. The monoisotopic (exact) mass is 453 g/mol. The van der Waals surface area contributed by atoms with Crippen molar-refractivity contribution in [3.63, 3.8) is 0 Å². The second-order valence-corrected chi connectivity index (χ2v) is 8.86. The van der Waals surface area contributed by atoms with Gasteiger partial charge >= 0.3 is 6.16 Å². The van der Waals surface area contributed by atoms with Crippen LogP contribution in [-0.2, 0) is 4.74 Å². The van der Waals surface area contributed by atoms with Crippen molar-refractivity contribution in [3.8, 4) is 22.8 Å². The zero-order chi connectivity index (χ0) is 23.3. The summed E-state index contributed by atoms with van der Waals surface area (Å²) in [4.78, 5) is 17.1. The van der Waals surface area contributed by atoms with Crippen LogP contribution in [0, 0.1) is 6.92 Å². The molecule has 0 saturated carbocycles. The summed E-state index contributed by atoms with van der Waals surface area (Å²) >= 11 is 1.52. The molecule has 0 aliphatic carbocycles. The average molecular weight is 454 g/mol. The number of hydrogen-bond acceptors (Lipinski definition) is 7. The summed E-state index contributed by atoms with van der Waals surface area (Å²) in [6.07, 6.45) is 0.918. The van der Waals surface area contributed by atoms with E-state index >= 15 is 0 Å². The second-order valence-electron chi connectivity index (χ2n) is 8.03. The lowest BCUT2D eigenvalue weighted by Gasteiger charge is -2.19. The zero-order valence-electron chi connectivity index (χ0n) is 19.1. The molecule has 1 heterocycles. The molecule has 0 radical (unpaired) electrons. The van der Waals surface area contributed by atoms with Gasteiger partial charge < -0.3 is 14.2 Å². The molecule has 0 amide bonds. The summed E-state index contributed by atoms with van der Waals surface area (Å²) in [5, 5.41) is 6.67. The Morgan fingerprint density at radius 1 is 1.09 bits per heavy atom. The normalized spacial score (nSPS) is 12.2. The zero-order valence-corrected chi connectivity index (χ0v) is 19.9. The highest BCUT2D eigenvalue weighted by Crippen LogP contribution is 2.28.